The van der Waals surface area contributed by atoms with Gasteiger partial charge in [-0.1, -0.05) is 6.07 Å². The molecule has 0 unspecified atom stereocenters. The third kappa shape index (κ3) is 2.90. The van der Waals surface area contributed by atoms with Crippen LogP contribution in [0, 0.1) is 0 Å². The van der Waals surface area contributed by atoms with Gasteiger partial charge in [0.2, 0.25) is 0 Å². The SMILES string of the molecule is O=C(c1cccs1)N1CCN(c2cc(-n3cccc3)ncn2)CC1. The third-order valence-corrected chi connectivity index (χ3v) is 4.99. The molecular formula is C17H17N5OS. The molecule has 1 aliphatic rings. The molecule has 122 valence electrons. The van der Waals surface area contributed by atoms with E-state index in [0.29, 0.717) is 13.1 Å². The average molecular weight is 339 g/mol. The van der Waals surface area contributed by atoms with Crippen LogP contribution in [-0.4, -0.2) is 51.5 Å². The Kier molecular flexibility index (Phi) is 4.00. The number of hydrogen-bond donors (Lipinski definition) is 0. The van der Waals surface area contributed by atoms with E-state index in [1.807, 2.05) is 57.6 Å². The van der Waals surface area contributed by atoms with Crippen molar-refractivity contribution in [2.75, 3.05) is 31.1 Å². The molecule has 1 fully saturated rings. The highest BCUT2D eigenvalue weighted by molar-refractivity contribution is 7.12. The molecule has 0 spiro atoms. The lowest BCUT2D eigenvalue weighted by Gasteiger charge is -2.35. The van der Waals surface area contributed by atoms with Crippen LogP contribution in [0.25, 0.3) is 5.82 Å². The number of thiophene rings is 1. The lowest BCUT2D eigenvalue weighted by atomic mass is 10.3. The van der Waals surface area contributed by atoms with Gasteiger partial charge in [-0.3, -0.25) is 4.79 Å². The zero-order valence-corrected chi connectivity index (χ0v) is 13.9. The minimum absolute atomic E-state index is 0.125. The smallest absolute Gasteiger partial charge is 0.264 e. The van der Waals surface area contributed by atoms with Gasteiger partial charge >= 0.3 is 0 Å². The van der Waals surface area contributed by atoms with E-state index in [-0.39, 0.29) is 5.91 Å². The molecule has 6 nitrogen and oxygen atoms in total. The maximum atomic E-state index is 12.4. The van der Waals surface area contributed by atoms with Crippen molar-refractivity contribution in [3.8, 4) is 5.82 Å². The molecule has 1 amide bonds. The number of hydrogen-bond acceptors (Lipinski definition) is 5. The normalized spacial score (nSPS) is 14.8. The topological polar surface area (TPSA) is 54.3 Å². The summed E-state index contributed by atoms with van der Waals surface area (Å²) in [7, 11) is 0. The molecule has 3 aromatic rings. The number of piperazine rings is 1. The Balaban J connectivity index is 1.44. The number of amides is 1. The van der Waals surface area contributed by atoms with Gasteiger partial charge in [-0.05, 0) is 23.6 Å². The second kappa shape index (κ2) is 6.45. The second-order valence-electron chi connectivity index (χ2n) is 5.58. The van der Waals surface area contributed by atoms with Crippen LogP contribution >= 0.6 is 11.3 Å². The highest BCUT2D eigenvalue weighted by Crippen LogP contribution is 2.18. The average Bonchev–Trinajstić information content (AvgIpc) is 3.35. The van der Waals surface area contributed by atoms with Gasteiger partial charge in [0.1, 0.15) is 18.0 Å². The van der Waals surface area contributed by atoms with Gasteiger partial charge in [-0.15, -0.1) is 11.3 Å². The summed E-state index contributed by atoms with van der Waals surface area (Å²) in [6.07, 6.45) is 5.52. The first-order chi connectivity index (χ1) is 11.8. The summed E-state index contributed by atoms with van der Waals surface area (Å²) in [6.45, 7) is 2.97. The highest BCUT2D eigenvalue weighted by atomic mass is 32.1. The molecule has 1 saturated heterocycles. The molecule has 0 bridgehead atoms. The lowest BCUT2D eigenvalue weighted by molar-refractivity contribution is 0.0751. The summed E-state index contributed by atoms with van der Waals surface area (Å²) in [5.41, 5.74) is 0. The fraction of sp³-hybridized carbons (Fsp3) is 0.235. The molecule has 0 aliphatic carbocycles. The molecular weight excluding hydrogens is 322 g/mol. The van der Waals surface area contributed by atoms with Gasteiger partial charge in [-0.25, -0.2) is 9.97 Å². The van der Waals surface area contributed by atoms with Gasteiger partial charge in [0.05, 0.1) is 4.88 Å². The molecule has 7 heteroatoms. The number of carbonyl (C=O) groups excluding carboxylic acids is 1. The Morgan fingerprint density at radius 2 is 1.75 bits per heavy atom. The number of nitrogens with zero attached hydrogens (tertiary/aromatic N) is 5. The van der Waals surface area contributed by atoms with E-state index in [0.717, 1.165) is 29.6 Å². The summed E-state index contributed by atoms with van der Waals surface area (Å²) in [4.78, 5) is 26.0. The van der Waals surface area contributed by atoms with Crippen molar-refractivity contribution in [1.82, 2.24) is 19.4 Å². The van der Waals surface area contributed by atoms with Crippen molar-refractivity contribution in [2.45, 2.75) is 0 Å². The van der Waals surface area contributed by atoms with Crippen molar-refractivity contribution in [2.24, 2.45) is 0 Å². The molecule has 0 aromatic carbocycles. The summed E-state index contributed by atoms with van der Waals surface area (Å²) >= 11 is 1.49. The predicted molar refractivity (Wildman–Crippen MR) is 93.8 cm³/mol. The summed E-state index contributed by atoms with van der Waals surface area (Å²) in [5, 5.41) is 1.94. The van der Waals surface area contributed by atoms with E-state index < -0.39 is 0 Å². The summed E-state index contributed by atoms with van der Waals surface area (Å²) in [5.74, 6) is 1.87. The number of anilines is 1. The summed E-state index contributed by atoms with van der Waals surface area (Å²) in [6, 6.07) is 9.72. The Hall–Kier alpha value is -2.67. The van der Waals surface area contributed by atoms with Crippen LogP contribution < -0.4 is 4.90 Å². The van der Waals surface area contributed by atoms with Gasteiger partial charge < -0.3 is 14.4 Å². The maximum Gasteiger partial charge on any atom is 0.264 e. The second-order valence-corrected chi connectivity index (χ2v) is 6.53. The monoisotopic (exact) mass is 339 g/mol. The lowest BCUT2D eigenvalue weighted by Crippen LogP contribution is -2.48. The first-order valence-corrected chi connectivity index (χ1v) is 8.72. The van der Waals surface area contributed by atoms with Crippen molar-refractivity contribution < 1.29 is 4.79 Å². The van der Waals surface area contributed by atoms with Crippen molar-refractivity contribution in [3.05, 3.63) is 59.3 Å². The zero-order valence-electron chi connectivity index (χ0n) is 13.1. The van der Waals surface area contributed by atoms with Crippen LogP contribution in [0.4, 0.5) is 5.82 Å². The Morgan fingerprint density at radius 1 is 1.00 bits per heavy atom. The number of rotatable bonds is 3. The van der Waals surface area contributed by atoms with Crippen LogP contribution in [0.1, 0.15) is 9.67 Å². The third-order valence-electron chi connectivity index (χ3n) is 4.13. The van der Waals surface area contributed by atoms with E-state index in [1.54, 1.807) is 6.33 Å². The fourth-order valence-corrected chi connectivity index (χ4v) is 3.52. The number of aromatic nitrogens is 3. The van der Waals surface area contributed by atoms with Crippen LogP contribution in [0.2, 0.25) is 0 Å². The minimum atomic E-state index is 0.125. The number of carbonyl (C=O) groups is 1. The molecule has 24 heavy (non-hydrogen) atoms. The molecule has 4 rings (SSSR count). The fourth-order valence-electron chi connectivity index (χ4n) is 2.83. The standard InChI is InChI=1S/C17H17N5OS/c23-17(14-4-3-11-24-14)22-9-7-21(8-10-22)16-12-15(18-13-19-16)20-5-1-2-6-20/h1-6,11-13H,7-10H2. The van der Waals surface area contributed by atoms with Gasteiger partial charge in [0.15, 0.2) is 0 Å². The largest absolute Gasteiger partial charge is 0.353 e. The quantitative estimate of drug-likeness (QED) is 0.735. The molecule has 3 aromatic heterocycles. The van der Waals surface area contributed by atoms with Crippen molar-refractivity contribution in [1.29, 1.82) is 0 Å². The highest BCUT2D eigenvalue weighted by Gasteiger charge is 2.23. The van der Waals surface area contributed by atoms with Crippen molar-refractivity contribution >= 4 is 23.1 Å². The maximum absolute atomic E-state index is 12.4. The molecule has 4 heterocycles. The van der Waals surface area contributed by atoms with Crippen molar-refractivity contribution in [3.63, 3.8) is 0 Å². The molecule has 0 radical (unpaired) electrons. The molecule has 0 atom stereocenters. The van der Waals surface area contributed by atoms with E-state index in [4.69, 9.17) is 0 Å². The molecule has 0 saturated carbocycles. The predicted octanol–water partition coefficient (Wildman–Crippen LogP) is 2.29. The first-order valence-electron chi connectivity index (χ1n) is 7.84. The van der Waals surface area contributed by atoms with E-state index in [9.17, 15) is 4.79 Å². The Labute approximate surface area is 144 Å². The molecule has 0 N–H and O–H groups in total. The molecule has 1 aliphatic heterocycles. The zero-order chi connectivity index (χ0) is 16.4. The van der Waals surface area contributed by atoms with E-state index in [2.05, 4.69) is 14.9 Å². The van der Waals surface area contributed by atoms with Gasteiger partial charge in [-0.2, -0.15) is 0 Å². The van der Waals surface area contributed by atoms with Crippen LogP contribution in [0.5, 0.6) is 0 Å². The Morgan fingerprint density at radius 3 is 2.46 bits per heavy atom. The summed E-state index contributed by atoms with van der Waals surface area (Å²) < 4.78 is 1.96. The van der Waals surface area contributed by atoms with E-state index in [1.165, 1.54) is 11.3 Å². The first kappa shape index (κ1) is 14.9. The van der Waals surface area contributed by atoms with Gasteiger partial charge in [0.25, 0.3) is 5.91 Å². The van der Waals surface area contributed by atoms with Crippen LogP contribution in [-0.2, 0) is 0 Å². The van der Waals surface area contributed by atoms with Gasteiger partial charge in [0, 0.05) is 44.6 Å². The Bertz CT molecular complexity index is 807. The van der Waals surface area contributed by atoms with Crippen LogP contribution in [0.3, 0.4) is 0 Å². The minimum Gasteiger partial charge on any atom is -0.353 e. The van der Waals surface area contributed by atoms with Crippen LogP contribution in [0.15, 0.2) is 54.4 Å². The van der Waals surface area contributed by atoms with E-state index >= 15 is 0 Å².